The van der Waals surface area contributed by atoms with Gasteiger partial charge in [0.15, 0.2) is 17.9 Å². The molecule has 1 spiro atoms. The van der Waals surface area contributed by atoms with Gasteiger partial charge in [0.05, 0.1) is 6.10 Å². The molecular weight excluding hydrogens is 372 g/mol. The third-order valence-corrected chi connectivity index (χ3v) is 9.05. The fourth-order valence-electron chi connectivity index (χ4n) is 7.96. The second-order valence-corrected chi connectivity index (χ2v) is 10.1. The van der Waals surface area contributed by atoms with Gasteiger partial charge in [0.2, 0.25) is 0 Å². The van der Waals surface area contributed by atoms with Crippen molar-refractivity contribution in [1.29, 1.82) is 0 Å². The number of carbonyl (C=O) groups excluding carboxylic acids is 3. The molecule has 1 N–H and O–H groups in total. The lowest BCUT2D eigenvalue weighted by atomic mass is 9.46. The average Bonchev–Trinajstić information content (AvgIpc) is 3.19. The molecule has 0 unspecified atom stereocenters. The van der Waals surface area contributed by atoms with E-state index in [2.05, 4.69) is 6.92 Å². The van der Waals surface area contributed by atoms with Crippen LogP contribution in [0.15, 0.2) is 11.6 Å². The van der Waals surface area contributed by atoms with E-state index in [9.17, 15) is 19.5 Å². The van der Waals surface area contributed by atoms with Crippen LogP contribution in [-0.4, -0.2) is 41.6 Å². The maximum Gasteiger partial charge on any atom is 0.303 e. The van der Waals surface area contributed by atoms with Crippen LogP contribution < -0.4 is 0 Å². The number of aliphatic hydroxyl groups excluding tert-OH is 1. The number of ketones is 2. The van der Waals surface area contributed by atoms with Crippen molar-refractivity contribution < 1.29 is 29.0 Å². The molecule has 5 aliphatic rings. The second-order valence-electron chi connectivity index (χ2n) is 10.1. The molecule has 2 bridgehead atoms. The summed E-state index contributed by atoms with van der Waals surface area (Å²) in [4.78, 5) is 36.1. The Kier molecular flexibility index (Phi) is 4.34. The summed E-state index contributed by atoms with van der Waals surface area (Å²) in [6.07, 6.45) is 6.49. The molecular formula is C23H30O6. The van der Waals surface area contributed by atoms with Crippen LogP contribution >= 0.6 is 0 Å². The van der Waals surface area contributed by atoms with Gasteiger partial charge in [0.25, 0.3) is 0 Å². The summed E-state index contributed by atoms with van der Waals surface area (Å²) >= 11 is 0. The van der Waals surface area contributed by atoms with Crippen molar-refractivity contribution in [2.45, 2.75) is 71.2 Å². The van der Waals surface area contributed by atoms with Crippen LogP contribution in [0.25, 0.3) is 0 Å². The predicted octanol–water partition coefficient (Wildman–Crippen LogP) is 2.57. The number of allylic oxidation sites excluding steroid dienone is 1. The minimum atomic E-state index is -0.946. The minimum absolute atomic E-state index is 0.0580. The summed E-state index contributed by atoms with van der Waals surface area (Å²) in [6, 6.07) is 0. The van der Waals surface area contributed by atoms with Crippen molar-refractivity contribution in [2.75, 3.05) is 6.61 Å². The first-order valence-electron chi connectivity index (χ1n) is 11.0. The van der Waals surface area contributed by atoms with E-state index in [-0.39, 0.29) is 47.4 Å². The Hall–Kier alpha value is -1.53. The van der Waals surface area contributed by atoms with E-state index in [0.717, 1.165) is 32.1 Å². The topological polar surface area (TPSA) is 89.9 Å². The molecule has 3 saturated carbocycles. The SMILES string of the molecule is CC(=O)OCC(=O)[C@@H]1CC[C@@H]2[C@@H]3CCC4=CC(=O)CC[C@]4(C)[C@H]3[C@@H]3C[C@@]21[C@@H](O)O3. The standard InChI is InChI=1S/C23H30O6/c1-12(24)28-11-18(26)17-6-5-16-15-4-3-13-9-14(25)7-8-22(13,2)20(15)19-10-23(16,17)21(27)29-19/h9,15-17,19-21,27H,3-8,10-11H2,1-2H3/t15-,16+,17-,19-,20+,21-,22-,23+/m0/s1. The van der Waals surface area contributed by atoms with E-state index in [4.69, 9.17) is 9.47 Å². The molecule has 1 aliphatic heterocycles. The Labute approximate surface area is 171 Å². The van der Waals surface area contributed by atoms with Gasteiger partial charge in [-0.2, -0.15) is 0 Å². The number of aliphatic hydroxyl groups is 1. The molecule has 0 aromatic carbocycles. The van der Waals surface area contributed by atoms with Gasteiger partial charge in [-0.25, -0.2) is 0 Å². The van der Waals surface area contributed by atoms with E-state index >= 15 is 0 Å². The molecule has 8 atom stereocenters. The van der Waals surface area contributed by atoms with Crippen molar-refractivity contribution in [2.24, 2.45) is 34.5 Å². The van der Waals surface area contributed by atoms with Gasteiger partial charge in [-0.15, -0.1) is 0 Å². The zero-order valence-corrected chi connectivity index (χ0v) is 17.2. The summed E-state index contributed by atoms with van der Waals surface area (Å²) in [5.74, 6) is 0.289. The highest BCUT2D eigenvalue weighted by Crippen LogP contribution is 2.71. The number of fused-ring (bicyclic) bond motifs is 6. The molecule has 0 amide bonds. The van der Waals surface area contributed by atoms with Gasteiger partial charge in [0.1, 0.15) is 6.61 Å². The minimum Gasteiger partial charge on any atom is -0.458 e. The van der Waals surface area contributed by atoms with Gasteiger partial charge in [0, 0.05) is 24.7 Å². The van der Waals surface area contributed by atoms with Crippen LogP contribution in [0.4, 0.5) is 0 Å². The summed E-state index contributed by atoms with van der Waals surface area (Å²) in [6.45, 7) is 3.37. The normalized spacial score (nSPS) is 47.7. The molecule has 29 heavy (non-hydrogen) atoms. The van der Waals surface area contributed by atoms with Crippen LogP contribution in [0.3, 0.4) is 0 Å². The molecule has 0 aromatic heterocycles. The Morgan fingerprint density at radius 2 is 2.07 bits per heavy atom. The Bertz CT molecular complexity index is 801. The number of esters is 1. The van der Waals surface area contributed by atoms with E-state index in [1.54, 1.807) is 0 Å². The quantitative estimate of drug-likeness (QED) is 0.730. The van der Waals surface area contributed by atoms with E-state index in [0.29, 0.717) is 18.8 Å². The third-order valence-electron chi connectivity index (χ3n) is 9.05. The number of hydrogen-bond donors (Lipinski definition) is 1. The van der Waals surface area contributed by atoms with E-state index in [1.807, 2.05) is 6.08 Å². The van der Waals surface area contributed by atoms with Crippen LogP contribution in [0, 0.1) is 34.5 Å². The molecule has 5 rings (SSSR count). The number of Topliss-reactive ketones (excluding diaryl/α,β-unsaturated/α-hetero) is 1. The van der Waals surface area contributed by atoms with Gasteiger partial charge in [-0.1, -0.05) is 12.5 Å². The largest absolute Gasteiger partial charge is 0.458 e. The first-order chi connectivity index (χ1) is 13.8. The molecule has 0 aromatic rings. The highest BCUT2D eigenvalue weighted by atomic mass is 16.6. The van der Waals surface area contributed by atoms with E-state index < -0.39 is 17.7 Å². The lowest BCUT2D eigenvalue weighted by Gasteiger charge is -2.57. The van der Waals surface area contributed by atoms with Crippen molar-refractivity contribution in [3.05, 3.63) is 11.6 Å². The second kappa shape index (κ2) is 6.48. The van der Waals surface area contributed by atoms with Crippen LogP contribution in [0.2, 0.25) is 0 Å². The summed E-state index contributed by atoms with van der Waals surface area (Å²) in [7, 11) is 0. The maximum absolute atomic E-state index is 12.9. The van der Waals surface area contributed by atoms with E-state index in [1.165, 1.54) is 12.5 Å². The molecule has 4 aliphatic carbocycles. The number of rotatable bonds is 3. The van der Waals surface area contributed by atoms with Gasteiger partial charge >= 0.3 is 5.97 Å². The van der Waals surface area contributed by atoms with Gasteiger partial charge < -0.3 is 14.6 Å². The number of carbonyl (C=O) groups is 3. The van der Waals surface area contributed by atoms with Gasteiger partial charge in [-0.3, -0.25) is 14.4 Å². The van der Waals surface area contributed by atoms with Crippen LogP contribution in [-0.2, 0) is 23.9 Å². The summed E-state index contributed by atoms with van der Waals surface area (Å²) < 4.78 is 11.2. The molecule has 6 nitrogen and oxygen atoms in total. The van der Waals surface area contributed by atoms with Crippen molar-refractivity contribution >= 4 is 17.5 Å². The molecule has 6 heteroatoms. The first kappa shape index (κ1) is 19.4. The third kappa shape index (κ3) is 2.57. The van der Waals surface area contributed by atoms with Gasteiger partial charge in [-0.05, 0) is 67.8 Å². The van der Waals surface area contributed by atoms with Crippen LogP contribution in [0.1, 0.15) is 58.8 Å². The highest BCUT2D eigenvalue weighted by Gasteiger charge is 2.71. The summed E-state index contributed by atoms with van der Waals surface area (Å²) in [5.41, 5.74) is 0.649. The maximum atomic E-state index is 12.9. The fraction of sp³-hybridized carbons (Fsp3) is 0.783. The zero-order chi connectivity index (χ0) is 20.6. The van der Waals surface area contributed by atoms with Crippen LogP contribution in [0.5, 0.6) is 0 Å². The molecule has 1 saturated heterocycles. The lowest BCUT2D eigenvalue weighted by Crippen LogP contribution is -2.55. The zero-order valence-electron chi connectivity index (χ0n) is 17.2. The van der Waals surface area contributed by atoms with Crippen molar-refractivity contribution in [3.63, 3.8) is 0 Å². The molecule has 1 heterocycles. The lowest BCUT2D eigenvalue weighted by molar-refractivity contribution is -0.163. The smallest absolute Gasteiger partial charge is 0.303 e. The molecule has 0 radical (unpaired) electrons. The molecule has 4 fully saturated rings. The van der Waals surface area contributed by atoms with Crippen molar-refractivity contribution in [3.8, 4) is 0 Å². The monoisotopic (exact) mass is 402 g/mol. The average molecular weight is 402 g/mol. The Balaban J connectivity index is 1.48. The Morgan fingerprint density at radius 3 is 2.83 bits per heavy atom. The number of hydrogen-bond acceptors (Lipinski definition) is 6. The summed E-state index contributed by atoms with van der Waals surface area (Å²) in [5, 5.41) is 11.1. The fourth-order valence-corrected chi connectivity index (χ4v) is 7.96. The predicted molar refractivity (Wildman–Crippen MR) is 102 cm³/mol. The number of ether oxygens (including phenoxy) is 2. The molecule has 158 valence electrons. The highest BCUT2D eigenvalue weighted by molar-refractivity contribution is 5.91. The van der Waals surface area contributed by atoms with Crippen molar-refractivity contribution in [1.82, 2.24) is 0 Å². The Morgan fingerprint density at radius 1 is 1.28 bits per heavy atom. The first-order valence-corrected chi connectivity index (χ1v) is 11.0.